The lowest BCUT2D eigenvalue weighted by molar-refractivity contribution is 0.0732. The topological polar surface area (TPSA) is 26.3 Å². The second kappa shape index (κ2) is 5.84. The van der Waals surface area contributed by atoms with Crippen LogP contribution in [0.1, 0.15) is 15.9 Å². The van der Waals surface area contributed by atoms with E-state index in [1.807, 2.05) is 13.0 Å². The van der Waals surface area contributed by atoms with Crippen molar-refractivity contribution in [3.8, 4) is 5.75 Å². The zero-order valence-electron chi connectivity index (χ0n) is 9.91. The summed E-state index contributed by atoms with van der Waals surface area (Å²) in [4.78, 5) is 11.9. The largest absolute Gasteiger partial charge is 0.421 e. The molecule has 0 radical (unpaired) electrons. The van der Waals surface area contributed by atoms with E-state index in [0.717, 1.165) is 10.0 Å². The predicted molar refractivity (Wildman–Crippen MR) is 77.9 cm³/mol. The third kappa shape index (κ3) is 3.42. The highest BCUT2D eigenvalue weighted by Gasteiger charge is 2.13. The molecule has 2 aromatic rings. The molecule has 2 aromatic carbocycles. The maximum absolute atomic E-state index is 12.8. The molecular weight excluding hydrogens is 379 g/mol. The smallest absolute Gasteiger partial charge is 0.343 e. The van der Waals surface area contributed by atoms with Gasteiger partial charge in [0, 0.05) is 4.47 Å². The molecule has 0 aromatic heterocycles. The van der Waals surface area contributed by atoms with Crippen molar-refractivity contribution in [2.75, 3.05) is 0 Å². The molecule has 0 bridgehead atoms. The van der Waals surface area contributed by atoms with Gasteiger partial charge in [0.2, 0.25) is 0 Å². The lowest BCUT2D eigenvalue weighted by Crippen LogP contribution is -2.09. The molecule has 98 valence electrons. The molecule has 0 fully saturated rings. The van der Waals surface area contributed by atoms with Gasteiger partial charge in [-0.3, -0.25) is 0 Å². The number of halogens is 3. The normalized spacial score (nSPS) is 10.3. The minimum Gasteiger partial charge on any atom is -0.421 e. The Labute approximate surface area is 126 Å². The maximum atomic E-state index is 12.8. The number of hydrogen-bond acceptors (Lipinski definition) is 2. The average molecular weight is 388 g/mol. The molecule has 5 heteroatoms. The van der Waals surface area contributed by atoms with Gasteiger partial charge in [0.25, 0.3) is 0 Å². The van der Waals surface area contributed by atoms with Crippen LogP contribution in [0.3, 0.4) is 0 Å². The quantitative estimate of drug-likeness (QED) is 0.542. The molecule has 0 unspecified atom stereocenters. The van der Waals surface area contributed by atoms with Crippen molar-refractivity contribution >= 4 is 37.8 Å². The number of carbonyl (C=O) groups is 1. The Morgan fingerprint density at radius 3 is 2.37 bits per heavy atom. The average Bonchev–Trinajstić information content (AvgIpc) is 2.34. The van der Waals surface area contributed by atoms with Crippen molar-refractivity contribution in [3.63, 3.8) is 0 Å². The Balaban J connectivity index is 2.26. The van der Waals surface area contributed by atoms with Gasteiger partial charge in [-0.15, -0.1) is 0 Å². The SMILES string of the molecule is Cc1cc(Br)cc(Br)c1OC(=O)c1ccc(F)cc1. The van der Waals surface area contributed by atoms with Crippen LogP contribution >= 0.6 is 31.9 Å². The van der Waals surface area contributed by atoms with Crippen LogP contribution in [0.2, 0.25) is 0 Å². The maximum Gasteiger partial charge on any atom is 0.343 e. The number of esters is 1. The molecular formula is C14H9Br2FO2. The number of rotatable bonds is 2. The second-order valence-corrected chi connectivity index (χ2v) is 5.70. The van der Waals surface area contributed by atoms with Crippen LogP contribution < -0.4 is 4.74 Å². The van der Waals surface area contributed by atoms with Crippen molar-refractivity contribution in [1.82, 2.24) is 0 Å². The van der Waals surface area contributed by atoms with Gasteiger partial charge < -0.3 is 4.74 Å². The van der Waals surface area contributed by atoms with Crippen LogP contribution in [0, 0.1) is 12.7 Å². The minimum atomic E-state index is -0.522. The molecule has 0 atom stereocenters. The van der Waals surface area contributed by atoms with Crippen molar-refractivity contribution in [3.05, 3.63) is 62.3 Å². The molecule has 0 N–H and O–H groups in total. The first-order valence-corrected chi connectivity index (χ1v) is 6.99. The van der Waals surface area contributed by atoms with Crippen molar-refractivity contribution in [1.29, 1.82) is 0 Å². The minimum absolute atomic E-state index is 0.301. The molecule has 0 aliphatic heterocycles. The Bertz CT molecular complexity index is 601. The summed E-state index contributed by atoms with van der Waals surface area (Å²) in [5, 5.41) is 0. The number of benzene rings is 2. The van der Waals surface area contributed by atoms with Gasteiger partial charge in [0.05, 0.1) is 10.0 Å². The number of aryl methyl sites for hydroxylation is 1. The first-order chi connectivity index (χ1) is 8.97. The van der Waals surface area contributed by atoms with E-state index < -0.39 is 11.8 Å². The molecule has 2 rings (SSSR count). The van der Waals surface area contributed by atoms with Gasteiger partial charge >= 0.3 is 5.97 Å². The van der Waals surface area contributed by atoms with Gasteiger partial charge in [-0.25, -0.2) is 9.18 Å². The van der Waals surface area contributed by atoms with Gasteiger partial charge in [-0.1, -0.05) is 15.9 Å². The monoisotopic (exact) mass is 386 g/mol. The zero-order chi connectivity index (χ0) is 14.0. The second-order valence-electron chi connectivity index (χ2n) is 3.93. The third-order valence-electron chi connectivity index (χ3n) is 2.47. The van der Waals surface area contributed by atoms with Gasteiger partial charge in [0.1, 0.15) is 11.6 Å². The lowest BCUT2D eigenvalue weighted by atomic mass is 10.2. The molecule has 0 amide bonds. The Morgan fingerprint density at radius 2 is 1.79 bits per heavy atom. The van der Waals surface area contributed by atoms with Gasteiger partial charge in [0.15, 0.2) is 0 Å². The summed E-state index contributed by atoms with van der Waals surface area (Å²) in [5.74, 6) is -0.457. The summed E-state index contributed by atoms with van der Waals surface area (Å²) in [6.07, 6.45) is 0. The predicted octanol–water partition coefficient (Wildman–Crippen LogP) is 4.88. The van der Waals surface area contributed by atoms with E-state index in [0.29, 0.717) is 15.8 Å². The van der Waals surface area contributed by atoms with Crippen molar-refractivity contribution in [2.24, 2.45) is 0 Å². The molecule has 19 heavy (non-hydrogen) atoms. The summed E-state index contributed by atoms with van der Waals surface area (Å²) in [5.41, 5.74) is 1.12. The van der Waals surface area contributed by atoms with E-state index in [1.165, 1.54) is 24.3 Å². The summed E-state index contributed by atoms with van der Waals surface area (Å²) in [6, 6.07) is 8.86. The van der Waals surface area contributed by atoms with E-state index in [1.54, 1.807) is 6.07 Å². The molecule has 0 heterocycles. The highest BCUT2D eigenvalue weighted by Crippen LogP contribution is 2.32. The molecule has 0 saturated heterocycles. The zero-order valence-corrected chi connectivity index (χ0v) is 13.1. The molecule has 0 aliphatic rings. The van der Waals surface area contributed by atoms with Gasteiger partial charge in [-0.05, 0) is 64.8 Å². The molecule has 0 saturated carbocycles. The Morgan fingerprint density at radius 1 is 1.16 bits per heavy atom. The van der Waals surface area contributed by atoms with Crippen LogP contribution in [-0.4, -0.2) is 5.97 Å². The van der Waals surface area contributed by atoms with Crippen LogP contribution in [-0.2, 0) is 0 Å². The molecule has 0 aliphatic carbocycles. The molecule has 2 nitrogen and oxygen atoms in total. The first kappa shape index (κ1) is 14.2. The highest BCUT2D eigenvalue weighted by molar-refractivity contribution is 9.11. The van der Waals surface area contributed by atoms with Crippen molar-refractivity contribution < 1.29 is 13.9 Å². The van der Waals surface area contributed by atoms with E-state index in [-0.39, 0.29) is 0 Å². The fourth-order valence-corrected chi connectivity index (χ4v) is 3.08. The summed E-state index contributed by atoms with van der Waals surface area (Å²) in [7, 11) is 0. The van der Waals surface area contributed by atoms with E-state index >= 15 is 0 Å². The van der Waals surface area contributed by atoms with Crippen LogP contribution in [0.4, 0.5) is 4.39 Å². The number of carbonyl (C=O) groups excluding carboxylic acids is 1. The van der Waals surface area contributed by atoms with Gasteiger partial charge in [-0.2, -0.15) is 0 Å². The summed E-state index contributed by atoms with van der Waals surface area (Å²) in [6.45, 7) is 1.84. The Hall–Kier alpha value is -1.20. The van der Waals surface area contributed by atoms with Crippen LogP contribution in [0.25, 0.3) is 0 Å². The van der Waals surface area contributed by atoms with Crippen LogP contribution in [0.5, 0.6) is 5.75 Å². The molecule has 0 spiro atoms. The van der Waals surface area contributed by atoms with E-state index in [2.05, 4.69) is 31.9 Å². The Kier molecular flexibility index (Phi) is 4.37. The summed E-state index contributed by atoms with van der Waals surface area (Å²) < 4.78 is 19.7. The van der Waals surface area contributed by atoms with Crippen molar-refractivity contribution in [2.45, 2.75) is 6.92 Å². The standard InChI is InChI=1S/C14H9Br2FO2/c1-8-6-10(15)7-12(16)13(8)19-14(18)9-2-4-11(17)5-3-9/h2-7H,1H3. The fraction of sp³-hybridized carbons (Fsp3) is 0.0714. The summed E-state index contributed by atoms with van der Waals surface area (Å²) >= 11 is 6.70. The highest BCUT2D eigenvalue weighted by atomic mass is 79.9. The van der Waals surface area contributed by atoms with Crippen LogP contribution in [0.15, 0.2) is 45.3 Å². The van der Waals surface area contributed by atoms with E-state index in [4.69, 9.17) is 4.74 Å². The fourth-order valence-electron chi connectivity index (χ4n) is 1.56. The first-order valence-electron chi connectivity index (χ1n) is 5.41. The lowest BCUT2D eigenvalue weighted by Gasteiger charge is -2.10. The number of ether oxygens (including phenoxy) is 1. The van der Waals surface area contributed by atoms with E-state index in [9.17, 15) is 9.18 Å². The third-order valence-corrected chi connectivity index (χ3v) is 3.52. The number of hydrogen-bond donors (Lipinski definition) is 0.